The van der Waals surface area contributed by atoms with Gasteiger partial charge in [0.15, 0.2) is 0 Å². The van der Waals surface area contributed by atoms with E-state index < -0.39 is 12.2 Å². The lowest BCUT2D eigenvalue weighted by atomic mass is 9.84. The van der Waals surface area contributed by atoms with Gasteiger partial charge in [0.1, 0.15) is 6.61 Å². The zero-order chi connectivity index (χ0) is 22.6. The number of aliphatic hydroxyl groups excluding tert-OH is 3. The van der Waals surface area contributed by atoms with Gasteiger partial charge in [0.2, 0.25) is 0 Å². The highest BCUT2D eigenvalue weighted by Gasteiger charge is 2.41. The molecule has 1 aliphatic rings. The predicted molar refractivity (Wildman–Crippen MR) is 123 cm³/mol. The Bertz CT molecular complexity index is 692. The summed E-state index contributed by atoms with van der Waals surface area (Å²) < 4.78 is 4.84. The summed E-state index contributed by atoms with van der Waals surface area (Å²) in [6.07, 6.45) is 9.04. The fourth-order valence-electron chi connectivity index (χ4n) is 4.33. The van der Waals surface area contributed by atoms with Crippen LogP contribution >= 0.6 is 11.6 Å². The van der Waals surface area contributed by atoms with Gasteiger partial charge in [0.05, 0.1) is 18.8 Å². The molecule has 5 nitrogen and oxygen atoms in total. The Kier molecular flexibility index (Phi) is 11.6. The number of rotatable bonds is 13. The van der Waals surface area contributed by atoms with Crippen molar-refractivity contribution >= 4 is 17.6 Å². The lowest BCUT2D eigenvalue weighted by Crippen LogP contribution is -2.18. The van der Waals surface area contributed by atoms with Crippen LogP contribution in [0.4, 0.5) is 0 Å². The summed E-state index contributed by atoms with van der Waals surface area (Å²) in [6, 6.07) is 7.95. The Morgan fingerprint density at radius 3 is 2.87 bits per heavy atom. The minimum absolute atomic E-state index is 0.0496. The van der Waals surface area contributed by atoms with Crippen LogP contribution in [0.1, 0.15) is 81.4 Å². The van der Waals surface area contributed by atoms with Gasteiger partial charge in [-0.3, -0.25) is 4.79 Å². The van der Waals surface area contributed by atoms with E-state index in [-0.39, 0.29) is 36.4 Å². The van der Waals surface area contributed by atoms with Crippen LogP contribution in [-0.4, -0.2) is 46.0 Å². The number of hydrogen-bond donors (Lipinski definition) is 3. The number of halogens is 1. The molecule has 6 heteroatoms. The fourth-order valence-corrected chi connectivity index (χ4v) is 4.77. The molecule has 0 saturated heterocycles. The Hall–Kier alpha value is -1.40. The minimum Gasteiger partial charge on any atom is -0.463 e. The maximum absolute atomic E-state index is 11.4. The molecule has 0 radical (unpaired) electrons. The largest absolute Gasteiger partial charge is 0.463 e. The summed E-state index contributed by atoms with van der Waals surface area (Å²) in [5.41, 5.74) is 1.94. The van der Waals surface area contributed by atoms with Crippen LogP contribution in [0.2, 0.25) is 0 Å². The molecule has 1 aromatic carbocycles. The molecule has 0 aliphatic heterocycles. The summed E-state index contributed by atoms with van der Waals surface area (Å²) in [4.78, 5) is 11.4. The molecule has 0 bridgehead atoms. The maximum atomic E-state index is 11.4. The third kappa shape index (κ3) is 8.23. The maximum Gasteiger partial charge on any atom is 0.305 e. The molecule has 0 spiro atoms. The quantitative estimate of drug-likeness (QED) is 0.176. The standard InChI is InChI=1S/C25H37ClO5/c1-2-3-12-22(28)18-9-8-10-19(16-18)25-20(21(26)17-23(25)29)11-6-4-5-7-13-24(30)31-15-14-27/h4,6,8-10,16,20-23,25,27-29H,2-3,5,7,11-15,17H2,1H3/b6-4-/t20-,21+,22?,23+,25+/m0/s1. The van der Waals surface area contributed by atoms with Gasteiger partial charge >= 0.3 is 5.97 Å². The van der Waals surface area contributed by atoms with Crippen LogP contribution in [0.3, 0.4) is 0 Å². The molecule has 0 aromatic heterocycles. The number of esters is 1. The second-order valence-electron chi connectivity index (χ2n) is 8.38. The van der Waals surface area contributed by atoms with E-state index in [1.807, 2.05) is 24.3 Å². The average molecular weight is 453 g/mol. The van der Waals surface area contributed by atoms with Crippen LogP contribution in [-0.2, 0) is 9.53 Å². The number of ether oxygens (including phenoxy) is 1. The van der Waals surface area contributed by atoms with E-state index in [9.17, 15) is 15.0 Å². The Morgan fingerprint density at radius 1 is 1.32 bits per heavy atom. The van der Waals surface area contributed by atoms with Crippen molar-refractivity contribution in [3.05, 3.63) is 47.5 Å². The highest BCUT2D eigenvalue weighted by Crippen LogP contribution is 2.45. The Morgan fingerprint density at radius 2 is 2.13 bits per heavy atom. The monoisotopic (exact) mass is 452 g/mol. The second kappa shape index (κ2) is 13.9. The first-order chi connectivity index (χ1) is 15.0. The second-order valence-corrected chi connectivity index (χ2v) is 8.94. The van der Waals surface area contributed by atoms with Crippen molar-refractivity contribution in [2.24, 2.45) is 5.92 Å². The van der Waals surface area contributed by atoms with E-state index in [4.69, 9.17) is 21.4 Å². The van der Waals surface area contributed by atoms with E-state index in [0.29, 0.717) is 19.3 Å². The van der Waals surface area contributed by atoms with Gasteiger partial charge in [-0.05, 0) is 49.1 Å². The Labute approximate surface area is 191 Å². The van der Waals surface area contributed by atoms with Gasteiger partial charge in [-0.1, -0.05) is 56.2 Å². The molecule has 2 rings (SSSR count). The van der Waals surface area contributed by atoms with Crippen molar-refractivity contribution in [3.8, 4) is 0 Å². The molecule has 1 fully saturated rings. The number of hydrogen-bond acceptors (Lipinski definition) is 5. The number of carbonyl (C=O) groups is 1. The van der Waals surface area contributed by atoms with E-state index in [0.717, 1.165) is 43.2 Å². The molecular weight excluding hydrogens is 416 g/mol. The van der Waals surface area contributed by atoms with Gasteiger partial charge in [-0.15, -0.1) is 11.6 Å². The minimum atomic E-state index is -0.495. The molecule has 1 unspecified atom stereocenters. The van der Waals surface area contributed by atoms with Crippen molar-refractivity contribution < 1.29 is 24.9 Å². The summed E-state index contributed by atoms with van der Waals surface area (Å²) in [5.74, 6) is -0.229. The number of aliphatic hydroxyl groups is 3. The van der Waals surface area contributed by atoms with Gasteiger partial charge in [0, 0.05) is 17.7 Å². The number of carbonyl (C=O) groups excluding carboxylic acids is 1. The Balaban J connectivity index is 1.93. The van der Waals surface area contributed by atoms with Gasteiger partial charge < -0.3 is 20.1 Å². The molecule has 174 valence electrons. The van der Waals surface area contributed by atoms with Crippen molar-refractivity contribution in [3.63, 3.8) is 0 Å². The zero-order valence-corrected chi connectivity index (χ0v) is 19.2. The topological polar surface area (TPSA) is 87.0 Å². The van der Waals surface area contributed by atoms with Crippen LogP contribution in [0.15, 0.2) is 36.4 Å². The van der Waals surface area contributed by atoms with Crippen LogP contribution in [0, 0.1) is 5.92 Å². The van der Waals surface area contributed by atoms with Gasteiger partial charge in [0.25, 0.3) is 0 Å². The summed E-state index contributed by atoms with van der Waals surface area (Å²) in [5, 5.41) is 29.7. The normalized spacial score (nSPS) is 24.5. The van der Waals surface area contributed by atoms with Crippen molar-refractivity contribution in [2.75, 3.05) is 13.2 Å². The first-order valence-electron chi connectivity index (χ1n) is 11.5. The number of allylic oxidation sites excluding steroid dienone is 2. The molecule has 5 atom stereocenters. The molecule has 31 heavy (non-hydrogen) atoms. The van der Waals surface area contributed by atoms with Gasteiger partial charge in [-0.25, -0.2) is 0 Å². The first kappa shape index (κ1) is 25.9. The predicted octanol–water partition coefficient (Wildman–Crippen LogP) is 4.63. The van der Waals surface area contributed by atoms with E-state index in [1.54, 1.807) is 0 Å². The van der Waals surface area contributed by atoms with Crippen molar-refractivity contribution in [1.82, 2.24) is 0 Å². The average Bonchev–Trinajstić information content (AvgIpc) is 3.05. The first-order valence-corrected chi connectivity index (χ1v) is 11.9. The molecule has 0 heterocycles. The lowest BCUT2D eigenvalue weighted by Gasteiger charge is -2.24. The smallest absolute Gasteiger partial charge is 0.305 e. The zero-order valence-electron chi connectivity index (χ0n) is 18.5. The van der Waals surface area contributed by atoms with E-state index in [1.165, 1.54) is 0 Å². The molecule has 0 amide bonds. The highest BCUT2D eigenvalue weighted by atomic mass is 35.5. The molecule has 1 saturated carbocycles. The van der Waals surface area contributed by atoms with E-state index >= 15 is 0 Å². The molecule has 3 N–H and O–H groups in total. The van der Waals surface area contributed by atoms with Crippen LogP contribution in [0.25, 0.3) is 0 Å². The van der Waals surface area contributed by atoms with E-state index in [2.05, 4.69) is 19.1 Å². The molecule has 1 aliphatic carbocycles. The summed E-state index contributed by atoms with van der Waals surface area (Å²) in [6.45, 7) is 2.01. The van der Waals surface area contributed by atoms with Crippen molar-refractivity contribution in [1.29, 1.82) is 0 Å². The van der Waals surface area contributed by atoms with Gasteiger partial charge in [-0.2, -0.15) is 0 Å². The number of benzene rings is 1. The van der Waals surface area contributed by atoms with Crippen LogP contribution < -0.4 is 0 Å². The SMILES string of the molecule is CCCCC(O)c1cccc([C@@H]2[C@@H](C/C=C\CCCC(=O)OCCO)[C@H](Cl)C[C@H]2O)c1. The summed E-state index contributed by atoms with van der Waals surface area (Å²) in [7, 11) is 0. The van der Waals surface area contributed by atoms with Crippen LogP contribution in [0.5, 0.6) is 0 Å². The molecule has 1 aromatic rings. The lowest BCUT2D eigenvalue weighted by molar-refractivity contribution is -0.144. The third-order valence-electron chi connectivity index (χ3n) is 6.00. The highest BCUT2D eigenvalue weighted by molar-refractivity contribution is 6.21. The summed E-state index contributed by atoms with van der Waals surface area (Å²) >= 11 is 6.59. The number of unbranched alkanes of at least 4 members (excludes halogenated alkanes) is 2. The van der Waals surface area contributed by atoms with Crippen molar-refractivity contribution in [2.45, 2.75) is 81.8 Å². The fraction of sp³-hybridized carbons (Fsp3) is 0.640. The molecular formula is C25H37ClO5. The third-order valence-corrected chi connectivity index (χ3v) is 6.50. The number of alkyl halides is 1.